The van der Waals surface area contributed by atoms with Crippen LogP contribution in [0.3, 0.4) is 0 Å². The monoisotopic (exact) mass is 458 g/mol. The maximum absolute atomic E-state index is 5.81. The second-order valence-electron chi connectivity index (χ2n) is 8.02. The fourth-order valence-corrected chi connectivity index (χ4v) is 4.28. The van der Waals surface area contributed by atoms with Gasteiger partial charge >= 0.3 is 0 Å². The van der Waals surface area contributed by atoms with Crippen LogP contribution in [0.4, 0.5) is 5.95 Å². The molecule has 0 fully saturated rings. The van der Waals surface area contributed by atoms with Gasteiger partial charge in [0.05, 0.1) is 54.4 Å². The van der Waals surface area contributed by atoms with E-state index >= 15 is 0 Å². The first-order valence-electron chi connectivity index (χ1n) is 11.0. The number of nitrogens with one attached hydrogen (secondary N) is 1. The highest BCUT2D eigenvalue weighted by molar-refractivity contribution is 6.05. The number of fused-ring (bicyclic) bond motifs is 3. The standard InChI is InChI=1S/C25H26N6O3/c1-15-23(16(2)34-30-15)19-11-20-18(12-22(19)33-4)24-21(13-28-20)29-25(27-9-10-32-3)31(24)14-17-7-5-6-8-26-17/h5-8,11-13H,9-10,14H2,1-4H3,(H,27,29). The summed E-state index contributed by atoms with van der Waals surface area (Å²) in [5.74, 6) is 2.19. The molecule has 0 unspecified atom stereocenters. The van der Waals surface area contributed by atoms with E-state index in [1.165, 1.54) is 0 Å². The molecule has 0 radical (unpaired) electrons. The summed E-state index contributed by atoms with van der Waals surface area (Å²) < 4.78 is 18.6. The smallest absolute Gasteiger partial charge is 0.204 e. The maximum atomic E-state index is 5.81. The number of hydrogen-bond acceptors (Lipinski definition) is 8. The summed E-state index contributed by atoms with van der Waals surface area (Å²) in [7, 11) is 3.35. The van der Waals surface area contributed by atoms with Crippen LogP contribution in [0, 0.1) is 13.8 Å². The molecular weight excluding hydrogens is 432 g/mol. The van der Waals surface area contributed by atoms with Gasteiger partial charge in [0.2, 0.25) is 5.95 Å². The van der Waals surface area contributed by atoms with Crippen LogP contribution < -0.4 is 10.1 Å². The molecule has 1 aromatic carbocycles. The average Bonchev–Trinajstić information content (AvgIpc) is 3.38. The van der Waals surface area contributed by atoms with Gasteiger partial charge in [-0.3, -0.25) is 9.97 Å². The topological polar surface area (TPSA) is 100 Å². The molecule has 0 amide bonds. The molecule has 5 aromatic rings. The summed E-state index contributed by atoms with van der Waals surface area (Å²) in [6.45, 7) is 5.58. The first kappa shape index (κ1) is 21.8. The minimum Gasteiger partial charge on any atom is -0.496 e. The summed E-state index contributed by atoms with van der Waals surface area (Å²) in [6, 6.07) is 9.94. The van der Waals surface area contributed by atoms with Crippen LogP contribution in [-0.2, 0) is 11.3 Å². The number of methoxy groups -OCH3 is 2. The Morgan fingerprint density at radius 3 is 2.68 bits per heavy atom. The van der Waals surface area contributed by atoms with Crippen LogP contribution in [0.2, 0.25) is 0 Å². The summed E-state index contributed by atoms with van der Waals surface area (Å²) in [5, 5.41) is 8.43. The van der Waals surface area contributed by atoms with Crippen molar-refractivity contribution in [3.63, 3.8) is 0 Å². The minimum absolute atomic E-state index is 0.555. The number of nitrogens with zero attached hydrogens (tertiary/aromatic N) is 5. The zero-order chi connectivity index (χ0) is 23.7. The van der Waals surface area contributed by atoms with Crippen LogP contribution in [0.25, 0.3) is 33.1 Å². The van der Waals surface area contributed by atoms with Gasteiger partial charge in [-0.2, -0.15) is 0 Å². The van der Waals surface area contributed by atoms with Gasteiger partial charge in [-0.15, -0.1) is 0 Å². The van der Waals surface area contributed by atoms with Gasteiger partial charge in [0.1, 0.15) is 17.0 Å². The lowest BCUT2D eigenvalue weighted by Gasteiger charge is -2.13. The second-order valence-corrected chi connectivity index (χ2v) is 8.02. The number of imidazole rings is 1. The van der Waals surface area contributed by atoms with Crippen LogP contribution in [0.1, 0.15) is 17.1 Å². The SMILES string of the molecule is COCCNc1nc2cnc3cc(-c4c(C)noc4C)c(OC)cc3c2n1Cc1ccccn1. The Labute approximate surface area is 196 Å². The normalized spacial score (nSPS) is 11.4. The largest absolute Gasteiger partial charge is 0.496 e. The van der Waals surface area contributed by atoms with Crippen molar-refractivity contribution < 1.29 is 14.0 Å². The van der Waals surface area contributed by atoms with Crippen molar-refractivity contribution in [1.82, 2.24) is 24.7 Å². The Morgan fingerprint density at radius 2 is 1.97 bits per heavy atom. The minimum atomic E-state index is 0.555. The number of benzene rings is 1. The molecule has 4 aromatic heterocycles. The number of rotatable bonds is 8. The molecule has 9 heteroatoms. The van der Waals surface area contributed by atoms with Gasteiger partial charge in [-0.25, -0.2) is 4.98 Å². The third-order valence-corrected chi connectivity index (χ3v) is 5.83. The highest BCUT2D eigenvalue weighted by Crippen LogP contribution is 2.39. The van der Waals surface area contributed by atoms with Gasteiger partial charge in [0.15, 0.2) is 0 Å². The number of ether oxygens (including phenoxy) is 2. The van der Waals surface area contributed by atoms with Gasteiger partial charge in [0.25, 0.3) is 0 Å². The first-order valence-corrected chi connectivity index (χ1v) is 11.0. The van der Waals surface area contributed by atoms with Crippen molar-refractivity contribution in [3.8, 4) is 16.9 Å². The highest BCUT2D eigenvalue weighted by Gasteiger charge is 2.21. The van der Waals surface area contributed by atoms with Crippen LogP contribution in [0.5, 0.6) is 5.75 Å². The average molecular weight is 459 g/mol. The Hall–Kier alpha value is -3.98. The van der Waals surface area contributed by atoms with Gasteiger partial charge in [-0.05, 0) is 38.1 Å². The van der Waals surface area contributed by atoms with E-state index in [0.717, 1.165) is 61.9 Å². The maximum Gasteiger partial charge on any atom is 0.204 e. The summed E-state index contributed by atoms with van der Waals surface area (Å²) in [4.78, 5) is 14.1. The summed E-state index contributed by atoms with van der Waals surface area (Å²) >= 11 is 0. The van der Waals surface area contributed by atoms with E-state index in [0.29, 0.717) is 19.7 Å². The number of anilines is 1. The van der Waals surface area contributed by atoms with Crippen molar-refractivity contribution >= 4 is 27.9 Å². The van der Waals surface area contributed by atoms with Crippen molar-refractivity contribution in [2.24, 2.45) is 0 Å². The lowest BCUT2D eigenvalue weighted by molar-refractivity contribution is 0.210. The van der Waals surface area contributed by atoms with E-state index in [1.807, 2.05) is 44.2 Å². The quantitative estimate of drug-likeness (QED) is 0.342. The molecule has 0 bridgehead atoms. The van der Waals surface area contributed by atoms with E-state index in [2.05, 4.69) is 20.0 Å². The van der Waals surface area contributed by atoms with Crippen LogP contribution in [0.15, 0.2) is 47.2 Å². The Balaban J connectivity index is 1.73. The lowest BCUT2D eigenvalue weighted by Crippen LogP contribution is -2.13. The van der Waals surface area contributed by atoms with Crippen LogP contribution >= 0.6 is 0 Å². The molecule has 0 aliphatic carbocycles. The molecule has 0 spiro atoms. The molecule has 0 saturated heterocycles. The van der Waals surface area contributed by atoms with Crippen LogP contribution in [-0.4, -0.2) is 52.0 Å². The van der Waals surface area contributed by atoms with Crippen molar-refractivity contribution in [1.29, 1.82) is 0 Å². The Morgan fingerprint density at radius 1 is 1.09 bits per heavy atom. The number of pyridine rings is 2. The third kappa shape index (κ3) is 3.84. The predicted molar refractivity (Wildman–Crippen MR) is 130 cm³/mol. The van der Waals surface area contributed by atoms with Gasteiger partial charge in [0, 0.05) is 30.8 Å². The van der Waals surface area contributed by atoms with Crippen molar-refractivity contribution in [3.05, 3.63) is 59.9 Å². The molecule has 4 heterocycles. The van der Waals surface area contributed by atoms with E-state index in [1.54, 1.807) is 26.6 Å². The molecule has 0 aliphatic heterocycles. The predicted octanol–water partition coefficient (Wildman–Crippen LogP) is 4.37. The molecule has 0 aliphatic rings. The van der Waals surface area contributed by atoms with E-state index in [-0.39, 0.29) is 0 Å². The zero-order valence-electron chi connectivity index (χ0n) is 19.6. The van der Waals surface area contributed by atoms with Gasteiger partial charge < -0.3 is 23.9 Å². The fourth-order valence-electron chi connectivity index (χ4n) is 4.28. The molecule has 0 saturated carbocycles. The molecule has 34 heavy (non-hydrogen) atoms. The van der Waals surface area contributed by atoms with Crippen molar-refractivity contribution in [2.45, 2.75) is 20.4 Å². The molecule has 9 nitrogen and oxygen atoms in total. The van der Waals surface area contributed by atoms with Crippen molar-refractivity contribution in [2.75, 3.05) is 32.7 Å². The third-order valence-electron chi connectivity index (χ3n) is 5.83. The second kappa shape index (κ2) is 9.11. The number of aryl methyl sites for hydroxylation is 2. The Bertz CT molecular complexity index is 1440. The fraction of sp³-hybridized carbons (Fsp3) is 0.280. The molecular formula is C25H26N6O3. The lowest BCUT2D eigenvalue weighted by atomic mass is 10.0. The number of hydrogen-bond donors (Lipinski definition) is 1. The molecule has 1 N–H and O–H groups in total. The molecule has 174 valence electrons. The van der Waals surface area contributed by atoms with E-state index in [4.69, 9.17) is 24.0 Å². The summed E-state index contributed by atoms with van der Waals surface area (Å²) in [6.07, 6.45) is 3.60. The van der Waals surface area contributed by atoms with Gasteiger partial charge in [-0.1, -0.05) is 11.2 Å². The Kier molecular flexibility index (Phi) is 5.85. The highest BCUT2D eigenvalue weighted by atomic mass is 16.5. The van der Waals surface area contributed by atoms with E-state index in [9.17, 15) is 0 Å². The van der Waals surface area contributed by atoms with E-state index < -0.39 is 0 Å². The zero-order valence-corrected chi connectivity index (χ0v) is 19.6. The summed E-state index contributed by atoms with van der Waals surface area (Å²) in [5.41, 5.74) is 6.13. The first-order chi connectivity index (χ1) is 16.6. The molecule has 0 atom stereocenters. The number of aromatic nitrogens is 5. The molecule has 5 rings (SSSR count).